The minimum atomic E-state index is -3.24. The van der Waals surface area contributed by atoms with E-state index in [1.807, 2.05) is 20.8 Å². The van der Waals surface area contributed by atoms with Gasteiger partial charge in [-0.2, -0.15) is 0 Å². The van der Waals surface area contributed by atoms with Crippen LogP contribution in [0.3, 0.4) is 0 Å². The number of nitrogens with one attached hydrogen (secondary N) is 1. The number of nitrogens with zero attached hydrogens (tertiary/aromatic N) is 2. The number of carbonyl (C=O) groups is 1. The first-order valence-corrected chi connectivity index (χ1v) is 14.8. The van der Waals surface area contributed by atoms with Gasteiger partial charge in [-0.25, -0.2) is 26.3 Å². The molecule has 0 radical (unpaired) electrons. The Bertz CT molecular complexity index is 963. The van der Waals surface area contributed by atoms with E-state index in [1.54, 1.807) is 0 Å². The Morgan fingerprint density at radius 3 is 2.17 bits per heavy atom. The zero-order valence-corrected chi connectivity index (χ0v) is 22.8. The molecule has 2 fully saturated rings. The summed E-state index contributed by atoms with van der Waals surface area (Å²) in [6.45, 7) is 9.59. The van der Waals surface area contributed by atoms with E-state index in [9.17, 15) is 22.0 Å². The van der Waals surface area contributed by atoms with Gasteiger partial charge in [0, 0.05) is 25.7 Å². The fraction of sp³-hybridized carbons (Fsp3) is 0.731. The van der Waals surface area contributed by atoms with Crippen LogP contribution in [0.4, 0.5) is 13.6 Å². The molecule has 0 spiro atoms. The van der Waals surface area contributed by atoms with Crippen molar-refractivity contribution in [2.24, 2.45) is 11.8 Å². The highest BCUT2D eigenvalue weighted by Crippen LogP contribution is 2.37. The van der Waals surface area contributed by atoms with Crippen molar-refractivity contribution in [3.63, 3.8) is 0 Å². The number of sulfonamides is 1. The van der Waals surface area contributed by atoms with Gasteiger partial charge >= 0.3 is 6.09 Å². The number of alkyl carbamates (subject to hydrolysis) is 1. The highest BCUT2D eigenvalue weighted by Gasteiger charge is 2.32. The highest BCUT2D eigenvalue weighted by atomic mass is 32.2. The summed E-state index contributed by atoms with van der Waals surface area (Å²) in [5.41, 5.74) is 0.137. The lowest BCUT2D eigenvalue weighted by atomic mass is 9.78. The summed E-state index contributed by atoms with van der Waals surface area (Å²) in [6, 6.07) is 3.74. The quantitative estimate of drug-likeness (QED) is 0.542. The van der Waals surface area contributed by atoms with Gasteiger partial charge in [-0.15, -0.1) is 0 Å². The van der Waals surface area contributed by atoms with Gasteiger partial charge in [0.25, 0.3) is 0 Å². The monoisotopic (exact) mass is 529 g/mol. The fourth-order valence-corrected chi connectivity index (χ4v) is 6.23. The largest absolute Gasteiger partial charge is 0.444 e. The van der Waals surface area contributed by atoms with Crippen LogP contribution in [0.25, 0.3) is 0 Å². The first-order valence-electron chi connectivity index (χ1n) is 12.9. The number of hydrogen-bond acceptors (Lipinski definition) is 5. The van der Waals surface area contributed by atoms with Gasteiger partial charge in [-0.3, -0.25) is 0 Å². The summed E-state index contributed by atoms with van der Waals surface area (Å²) in [7, 11) is -3.24. The van der Waals surface area contributed by atoms with E-state index in [1.165, 1.54) is 22.7 Å². The van der Waals surface area contributed by atoms with Crippen LogP contribution < -0.4 is 5.32 Å². The molecule has 0 aromatic heterocycles. The van der Waals surface area contributed by atoms with Crippen molar-refractivity contribution in [2.75, 3.05) is 45.5 Å². The summed E-state index contributed by atoms with van der Waals surface area (Å²) in [6.07, 6.45) is 4.86. The lowest BCUT2D eigenvalue weighted by molar-refractivity contribution is 0.0509. The number of amides is 1. The molecule has 1 atom stereocenters. The molecule has 3 rings (SSSR count). The first-order chi connectivity index (χ1) is 16.8. The van der Waals surface area contributed by atoms with Gasteiger partial charge in [0.1, 0.15) is 17.2 Å². The molecular formula is C26H41F2N3O4S. The van der Waals surface area contributed by atoms with Crippen LogP contribution in [0.2, 0.25) is 0 Å². The van der Waals surface area contributed by atoms with E-state index in [0.717, 1.165) is 45.0 Å². The zero-order chi connectivity index (χ0) is 26.5. The SMILES string of the molecule is CC(C)(C)OC(=O)NCC1CCN(CC[C@@H](c2cc(F)cc(F)c2)C2CCN(S(C)(=O)=O)CC2)CC1. The molecule has 0 bridgehead atoms. The Labute approximate surface area is 214 Å². The Hall–Kier alpha value is -1.78. The number of likely N-dealkylation sites (tertiary alicyclic amines) is 1. The third-order valence-electron chi connectivity index (χ3n) is 7.25. The van der Waals surface area contributed by atoms with E-state index < -0.39 is 33.4 Å². The molecule has 10 heteroatoms. The fourth-order valence-electron chi connectivity index (χ4n) is 5.35. The number of ether oxygens (including phenoxy) is 1. The number of carbonyl (C=O) groups excluding carboxylic acids is 1. The summed E-state index contributed by atoms with van der Waals surface area (Å²) in [5, 5.41) is 2.87. The van der Waals surface area contributed by atoms with Gasteiger partial charge in [0.2, 0.25) is 10.0 Å². The maximum Gasteiger partial charge on any atom is 0.407 e. The van der Waals surface area contributed by atoms with E-state index in [2.05, 4.69) is 10.2 Å². The average Bonchev–Trinajstić information content (AvgIpc) is 2.76. The second-order valence-electron chi connectivity index (χ2n) is 11.3. The Morgan fingerprint density at radius 2 is 1.64 bits per heavy atom. The van der Waals surface area contributed by atoms with Gasteiger partial charge < -0.3 is 15.0 Å². The predicted molar refractivity (Wildman–Crippen MR) is 136 cm³/mol. The molecule has 0 aliphatic carbocycles. The molecule has 2 heterocycles. The van der Waals surface area contributed by atoms with Crippen molar-refractivity contribution < 1.29 is 26.7 Å². The molecule has 1 aromatic carbocycles. The van der Waals surface area contributed by atoms with Crippen LogP contribution in [-0.4, -0.2) is 74.8 Å². The number of piperidine rings is 2. The molecule has 1 aromatic rings. The van der Waals surface area contributed by atoms with E-state index in [4.69, 9.17) is 4.74 Å². The molecule has 0 unspecified atom stereocenters. The lowest BCUT2D eigenvalue weighted by Crippen LogP contribution is -2.41. The van der Waals surface area contributed by atoms with Crippen molar-refractivity contribution in [3.8, 4) is 0 Å². The molecule has 7 nitrogen and oxygen atoms in total. The lowest BCUT2D eigenvalue weighted by Gasteiger charge is -2.37. The van der Waals surface area contributed by atoms with Gasteiger partial charge in [0.05, 0.1) is 6.26 Å². The molecule has 0 saturated carbocycles. The summed E-state index contributed by atoms with van der Waals surface area (Å²) >= 11 is 0. The normalized spacial score (nSPS) is 20.3. The minimum absolute atomic E-state index is 0.0385. The Morgan fingerprint density at radius 1 is 1.06 bits per heavy atom. The van der Waals surface area contributed by atoms with Gasteiger partial charge in [-0.1, -0.05) is 0 Å². The van der Waals surface area contributed by atoms with Crippen LogP contribution in [0.5, 0.6) is 0 Å². The topological polar surface area (TPSA) is 79.0 Å². The number of rotatable bonds is 8. The van der Waals surface area contributed by atoms with E-state index in [-0.39, 0.29) is 11.8 Å². The molecule has 2 saturated heterocycles. The predicted octanol–water partition coefficient (Wildman–Crippen LogP) is 4.35. The first kappa shape index (κ1) is 28.8. The van der Waals surface area contributed by atoms with Crippen LogP contribution in [0.1, 0.15) is 64.4 Å². The Balaban J connectivity index is 1.54. The van der Waals surface area contributed by atoms with Crippen molar-refractivity contribution in [1.29, 1.82) is 0 Å². The van der Waals surface area contributed by atoms with Crippen molar-refractivity contribution in [2.45, 2.75) is 64.4 Å². The zero-order valence-electron chi connectivity index (χ0n) is 21.9. The summed E-state index contributed by atoms with van der Waals surface area (Å²) in [4.78, 5) is 14.3. The maximum atomic E-state index is 14.1. The van der Waals surface area contributed by atoms with Crippen LogP contribution in [-0.2, 0) is 14.8 Å². The maximum absolute atomic E-state index is 14.1. The third kappa shape index (κ3) is 8.95. The molecule has 36 heavy (non-hydrogen) atoms. The number of benzene rings is 1. The molecule has 1 N–H and O–H groups in total. The van der Waals surface area contributed by atoms with Crippen LogP contribution >= 0.6 is 0 Å². The molecule has 2 aliphatic heterocycles. The summed E-state index contributed by atoms with van der Waals surface area (Å²) in [5.74, 6) is -0.644. The van der Waals surface area contributed by atoms with E-state index in [0.29, 0.717) is 44.0 Å². The van der Waals surface area contributed by atoms with Crippen molar-refractivity contribution in [3.05, 3.63) is 35.4 Å². The second kappa shape index (κ2) is 12.2. The van der Waals surface area contributed by atoms with E-state index >= 15 is 0 Å². The average molecular weight is 530 g/mol. The molecule has 204 valence electrons. The van der Waals surface area contributed by atoms with Gasteiger partial charge in [0.15, 0.2) is 0 Å². The Kier molecular flexibility index (Phi) is 9.74. The van der Waals surface area contributed by atoms with Crippen LogP contribution in [0.15, 0.2) is 18.2 Å². The van der Waals surface area contributed by atoms with Gasteiger partial charge in [-0.05, 0) is 108 Å². The molecule has 2 aliphatic rings. The minimum Gasteiger partial charge on any atom is -0.444 e. The van der Waals surface area contributed by atoms with Crippen molar-refractivity contribution >= 4 is 16.1 Å². The third-order valence-corrected chi connectivity index (χ3v) is 8.55. The standard InChI is InChI=1S/C26H41F2N3O4S/c1-26(2,3)35-25(32)29-18-19-5-10-30(11-6-19)12-9-24(21-15-22(27)17-23(28)16-21)20-7-13-31(14-8-20)36(4,33)34/h15-17,19-20,24H,5-14,18H2,1-4H3,(H,29,32)/t24-/m1/s1. The molecular weight excluding hydrogens is 488 g/mol. The molecule has 1 amide bonds. The van der Waals surface area contributed by atoms with Crippen molar-refractivity contribution in [1.82, 2.24) is 14.5 Å². The second-order valence-corrected chi connectivity index (χ2v) is 13.2. The number of hydrogen-bond donors (Lipinski definition) is 1. The number of halogens is 2. The smallest absolute Gasteiger partial charge is 0.407 e. The van der Waals surface area contributed by atoms with Crippen LogP contribution in [0, 0.1) is 23.5 Å². The highest BCUT2D eigenvalue weighted by molar-refractivity contribution is 7.88. The summed E-state index contributed by atoms with van der Waals surface area (Å²) < 4.78 is 58.7.